The highest BCUT2D eigenvalue weighted by atomic mass is 32.2. The van der Waals surface area contributed by atoms with E-state index in [1.54, 1.807) is 10.3 Å². The molecular weight excluding hydrogens is 358 g/mol. The lowest BCUT2D eigenvalue weighted by molar-refractivity contribution is 0.0759. The second kappa shape index (κ2) is 7.23. The number of carbonyl (C=O) groups is 1. The second-order valence-corrected chi connectivity index (χ2v) is 9.05. The third kappa shape index (κ3) is 4.26. The normalized spacial score (nSPS) is 16.6. The molecule has 6 nitrogen and oxygen atoms in total. The quantitative estimate of drug-likeness (QED) is 0.820. The lowest BCUT2D eigenvalue weighted by Gasteiger charge is -2.20. The lowest BCUT2D eigenvalue weighted by atomic mass is 10.2. The number of carbonyl (C=O) groups excluding carboxylic acids is 1. The summed E-state index contributed by atoms with van der Waals surface area (Å²) in [6.07, 6.45) is 1.84. The maximum absolute atomic E-state index is 12.7. The number of nitrogens with zero attached hydrogens (tertiary/aromatic N) is 3. The van der Waals surface area contributed by atoms with Gasteiger partial charge in [-0.3, -0.25) is 4.79 Å². The molecule has 1 aromatic carbocycles. The van der Waals surface area contributed by atoms with Crippen LogP contribution in [0.3, 0.4) is 0 Å². The molecule has 1 aliphatic heterocycles. The van der Waals surface area contributed by atoms with Crippen molar-refractivity contribution >= 4 is 27.3 Å². The van der Waals surface area contributed by atoms with Gasteiger partial charge in [0, 0.05) is 37.1 Å². The highest BCUT2D eigenvalue weighted by molar-refractivity contribution is 7.88. The molecule has 0 bridgehead atoms. The van der Waals surface area contributed by atoms with Gasteiger partial charge in [0.2, 0.25) is 10.0 Å². The molecule has 0 saturated carbocycles. The van der Waals surface area contributed by atoms with E-state index in [0.29, 0.717) is 38.3 Å². The highest BCUT2D eigenvalue weighted by Crippen LogP contribution is 2.24. The van der Waals surface area contributed by atoms with Gasteiger partial charge in [-0.1, -0.05) is 29.8 Å². The summed E-state index contributed by atoms with van der Waals surface area (Å²) in [4.78, 5) is 18.9. The van der Waals surface area contributed by atoms with Crippen molar-refractivity contribution in [3.05, 3.63) is 40.9 Å². The second-order valence-electron chi connectivity index (χ2n) is 6.21. The number of hydrogen-bond donors (Lipinski definition) is 0. The first-order valence-electron chi connectivity index (χ1n) is 8.11. The molecule has 1 aliphatic rings. The van der Waals surface area contributed by atoms with Crippen LogP contribution in [0, 0.1) is 6.92 Å². The molecule has 1 amide bonds. The predicted octanol–water partition coefficient (Wildman–Crippen LogP) is 2.23. The number of amides is 1. The SMILES string of the molecule is Cc1ccc(-c2nc(C(=O)N3CCCN(S(C)(=O)=O)CC3)cs2)cc1. The van der Waals surface area contributed by atoms with Gasteiger partial charge in [-0.05, 0) is 13.3 Å². The summed E-state index contributed by atoms with van der Waals surface area (Å²) in [5.74, 6) is -0.134. The average Bonchev–Trinajstić information content (AvgIpc) is 2.91. The molecule has 134 valence electrons. The molecule has 0 N–H and O–H groups in total. The summed E-state index contributed by atoms with van der Waals surface area (Å²) in [5.41, 5.74) is 2.60. The first-order chi connectivity index (χ1) is 11.8. The number of aromatic nitrogens is 1. The van der Waals surface area contributed by atoms with Crippen LogP contribution in [0.2, 0.25) is 0 Å². The maximum atomic E-state index is 12.7. The van der Waals surface area contributed by atoms with Crippen LogP contribution >= 0.6 is 11.3 Å². The molecule has 0 radical (unpaired) electrons. The van der Waals surface area contributed by atoms with Crippen molar-refractivity contribution in [3.8, 4) is 10.6 Å². The standard InChI is InChI=1S/C17H21N3O3S2/c1-13-4-6-14(7-5-13)16-18-15(12-24-16)17(21)19-8-3-9-20(11-10-19)25(2,22)23/h4-7,12H,3,8-11H2,1-2H3. The number of benzene rings is 1. The van der Waals surface area contributed by atoms with E-state index in [2.05, 4.69) is 4.98 Å². The Kier molecular flexibility index (Phi) is 5.21. The van der Waals surface area contributed by atoms with Crippen LogP contribution in [-0.2, 0) is 10.0 Å². The van der Waals surface area contributed by atoms with Gasteiger partial charge in [-0.25, -0.2) is 17.7 Å². The Morgan fingerprint density at radius 2 is 1.84 bits per heavy atom. The van der Waals surface area contributed by atoms with Crippen molar-refractivity contribution < 1.29 is 13.2 Å². The fourth-order valence-electron chi connectivity index (χ4n) is 2.79. The smallest absolute Gasteiger partial charge is 0.273 e. The Bertz CT molecular complexity index is 860. The van der Waals surface area contributed by atoms with Crippen LogP contribution in [-0.4, -0.2) is 60.9 Å². The van der Waals surface area contributed by atoms with Crippen molar-refractivity contribution in [3.63, 3.8) is 0 Å². The van der Waals surface area contributed by atoms with Gasteiger partial charge in [-0.15, -0.1) is 11.3 Å². The first kappa shape index (κ1) is 18.0. The Hall–Kier alpha value is -1.77. The van der Waals surface area contributed by atoms with Crippen LogP contribution in [0.1, 0.15) is 22.5 Å². The largest absolute Gasteiger partial charge is 0.336 e. The van der Waals surface area contributed by atoms with Crippen LogP contribution in [0.5, 0.6) is 0 Å². The van der Waals surface area contributed by atoms with Crippen molar-refractivity contribution in [2.24, 2.45) is 0 Å². The summed E-state index contributed by atoms with van der Waals surface area (Å²) in [6, 6.07) is 8.04. The number of hydrogen-bond acceptors (Lipinski definition) is 5. The fourth-order valence-corrected chi connectivity index (χ4v) is 4.47. The van der Waals surface area contributed by atoms with E-state index in [-0.39, 0.29) is 5.91 Å². The van der Waals surface area contributed by atoms with E-state index in [9.17, 15) is 13.2 Å². The van der Waals surface area contributed by atoms with E-state index in [1.165, 1.54) is 27.5 Å². The third-order valence-corrected chi connectivity index (χ3v) is 6.43. The van der Waals surface area contributed by atoms with Crippen LogP contribution in [0.4, 0.5) is 0 Å². The van der Waals surface area contributed by atoms with Crippen LogP contribution in [0.15, 0.2) is 29.6 Å². The number of thiazole rings is 1. The van der Waals surface area contributed by atoms with Crippen molar-refractivity contribution in [2.45, 2.75) is 13.3 Å². The van der Waals surface area contributed by atoms with E-state index in [0.717, 1.165) is 10.6 Å². The summed E-state index contributed by atoms with van der Waals surface area (Å²) < 4.78 is 24.8. The van der Waals surface area contributed by atoms with Gasteiger partial charge in [0.05, 0.1) is 6.26 Å². The summed E-state index contributed by atoms with van der Waals surface area (Å²) in [6.45, 7) is 3.75. The van der Waals surface area contributed by atoms with Crippen LogP contribution < -0.4 is 0 Å². The Labute approximate surface area is 152 Å². The number of sulfonamides is 1. The molecule has 3 rings (SSSR count). The summed E-state index contributed by atoms with van der Waals surface area (Å²) >= 11 is 1.45. The lowest BCUT2D eigenvalue weighted by Crippen LogP contribution is -2.37. The average molecular weight is 380 g/mol. The Morgan fingerprint density at radius 1 is 1.12 bits per heavy atom. The van der Waals surface area contributed by atoms with Gasteiger partial charge in [-0.2, -0.15) is 0 Å². The minimum absolute atomic E-state index is 0.134. The van der Waals surface area contributed by atoms with Gasteiger partial charge in [0.25, 0.3) is 5.91 Å². The fraction of sp³-hybridized carbons (Fsp3) is 0.412. The van der Waals surface area contributed by atoms with Gasteiger partial charge >= 0.3 is 0 Å². The topological polar surface area (TPSA) is 70.6 Å². The molecule has 25 heavy (non-hydrogen) atoms. The minimum Gasteiger partial charge on any atom is -0.336 e. The molecule has 0 atom stereocenters. The van der Waals surface area contributed by atoms with Gasteiger partial charge in [0.1, 0.15) is 10.7 Å². The molecule has 1 saturated heterocycles. The molecule has 2 aromatic rings. The van der Waals surface area contributed by atoms with E-state index >= 15 is 0 Å². The maximum Gasteiger partial charge on any atom is 0.273 e. The van der Waals surface area contributed by atoms with Crippen LogP contribution in [0.25, 0.3) is 10.6 Å². The molecule has 8 heteroatoms. The zero-order chi connectivity index (χ0) is 18.0. The predicted molar refractivity (Wildman–Crippen MR) is 99.2 cm³/mol. The zero-order valence-electron chi connectivity index (χ0n) is 14.3. The molecular formula is C17H21N3O3S2. The van der Waals surface area contributed by atoms with E-state index in [1.807, 2.05) is 31.2 Å². The highest BCUT2D eigenvalue weighted by Gasteiger charge is 2.25. The van der Waals surface area contributed by atoms with Crippen molar-refractivity contribution in [1.29, 1.82) is 0 Å². The summed E-state index contributed by atoms with van der Waals surface area (Å²) in [7, 11) is -3.22. The Morgan fingerprint density at radius 3 is 2.52 bits per heavy atom. The van der Waals surface area contributed by atoms with E-state index in [4.69, 9.17) is 0 Å². The zero-order valence-corrected chi connectivity index (χ0v) is 15.9. The monoisotopic (exact) mass is 379 g/mol. The van der Waals surface area contributed by atoms with Crippen molar-refractivity contribution in [1.82, 2.24) is 14.2 Å². The van der Waals surface area contributed by atoms with Gasteiger partial charge < -0.3 is 4.90 Å². The first-order valence-corrected chi connectivity index (χ1v) is 10.8. The molecule has 2 heterocycles. The minimum atomic E-state index is -3.22. The molecule has 1 fully saturated rings. The van der Waals surface area contributed by atoms with E-state index < -0.39 is 10.0 Å². The summed E-state index contributed by atoms with van der Waals surface area (Å²) in [5, 5.41) is 2.59. The number of aryl methyl sites for hydroxylation is 1. The molecule has 0 aliphatic carbocycles. The Balaban J connectivity index is 1.72. The third-order valence-electron chi connectivity index (χ3n) is 4.23. The van der Waals surface area contributed by atoms with Crippen molar-refractivity contribution in [2.75, 3.05) is 32.4 Å². The molecule has 0 spiro atoms. The molecule has 0 unspecified atom stereocenters. The number of rotatable bonds is 3. The van der Waals surface area contributed by atoms with Gasteiger partial charge in [0.15, 0.2) is 0 Å². The molecule has 1 aromatic heterocycles.